The van der Waals surface area contributed by atoms with Gasteiger partial charge in [0, 0.05) is 35.2 Å². The molecule has 1 aromatic heterocycles. The molecule has 3 aromatic carbocycles. The molecule has 4 aromatic rings. The summed E-state index contributed by atoms with van der Waals surface area (Å²) in [4.78, 5) is 35.6. The van der Waals surface area contributed by atoms with E-state index in [9.17, 15) is 9.59 Å². The van der Waals surface area contributed by atoms with Gasteiger partial charge in [0.05, 0.1) is 17.1 Å². The van der Waals surface area contributed by atoms with Crippen molar-refractivity contribution in [2.75, 3.05) is 10.2 Å². The normalized spacial score (nSPS) is 15.6. The molecule has 6 nitrogen and oxygen atoms in total. The number of benzodiazepines with no additional fused rings is 1. The number of aromatic nitrogens is 1. The number of carbonyl (C=O) groups is 2. The first-order chi connectivity index (χ1) is 15.1. The number of nitrogens with one attached hydrogen (secondary N) is 2. The molecular formula is C25H20N4O2. The van der Waals surface area contributed by atoms with E-state index < -0.39 is 6.17 Å². The van der Waals surface area contributed by atoms with Crippen LogP contribution in [0.5, 0.6) is 0 Å². The maximum absolute atomic E-state index is 13.3. The number of nitrogens with zero attached hydrogens (tertiary/aromatic N) is 2. The first kappa shape index (κ1) is 18.8. The summed E-state index contributed by atoms with van der Waals surface area (Å²) in [7, 11) is 0. The van der Waals surface area contributed by atoms with Crippen molar-refractivity contribution in [1.82, 2.24) is 4.98 Å². The standard InChI is InChI=1S/C25H20N4O2/c1-16(30)29(22-15-26-20-13-7-5-11-18(20)22)24-25(31)27-21-14-8-6-12-19(21)23(28-24)17-9-3-2-4-10-17/h2-15,24,26H,1H3,(H,27,31)/t24-/m0/s1. The van der Waals surface area contributed by atoms with E-state index in [2.05, 4.69) is 10.3 Å². The maximum atomic E-state index is 13.3. The number of hydrogen-bond acceptors (Lipinski definition) is 3. The largest absolute Gasteiger partial charge is 0.359 e. The Morgan fingerprint density at radius 2 is 1.65 bits per heavy atom. The number of hydrogen-bond donors (Lipinski definition) is 2. The van der Waals surface area contributed by atoms with Crippen molar-refractivity contribution in [3.8, 4) is 0 Å². The fourth-order valence-electron chi connectivity index (χ4n) is 3.98. The van der Waals surface area contributed by atoms with Gasteiger partial charge in [-0.3, -0.25) is 14.5 Å². The number of aliphatic imine (C=N–C) groups is 1. The predicted molar refractivity (Wildman–Crippen MR) is 122 cm³/mol. The molecule has 0 fully saturated rings. The molecule has 2 amide bonds. The summed E-state index contributed by atoms with van der Waals surface area (Å²) in [6.07, 6.45) is 0.689. The number of aromatic amines is 1. The lowest BCUT2D eigenvalue weighted by Crippen LogP contribution is -2.45. The third-order valence-corrected chi connectivity index (χ3v) is 5.38. The Labute approximate surface area is 179 Å². The molecule has 1 aliphatic heterocycles. The van der Waals surface area contributed by atoms with Crippen LogP contribution in [-0.4, -0.2) is 28.7 Å². The van der Waals surface area contributed by atoms with E-state index >= 15 is 0 Å². The highest BCUT2D eigenvalue weighted by Crippen LogP contribution is 2.31. The SMILES string of the molecule is CC(=O)N(c1c[nH]c2ccccc12)[C@@H]1N=C(c2ccccc2)c2ccccc2NC1=O. The average molecular weight is 408 g/mol. The molecule has 0 saturated heterocycles. The third-order valence-electron chi connectivity index (χ3n) is 5.38. The van der Waals surface area contributed by atoms with Gasteiger partial charge in [-0.25, -0.2) is 4.99 Å². The Bertz CT molecular complexity index is 1320. The van der Waals surface area contributed by atoms with E-state index in [-0.39, 0.29) is 11.8 Å². The number of rotatable bonds is 3. The summed E-state index contributed by atoms with van der Waals surface area (Å²) >= 11 is 0. The lowest BCUT2D eigenvalue weighted by atomic mass is 10.0. The second-order valence-electron chi connectivity index (χ2n) is 7.36. The van der Waals surface area contributed by atoms with Gasteiger partial charge in [0.25, 0.3) is 5.91 Å². The van der Waals surface area contributed by atoms with Gasteiger partial charge < -0.3 is 10.3 Å². The average Bonchev–Trinajstić information content (AvgIpc) is 3.14. The number of benzene rings is 3. The molecule has 152 valence electrons. The van der Waals surface area contributed by atoms with Crippen molar-refractivity contribution >= 4 is 39.8 Å². The van der Waals surface area contributed by atoms with Crippen LogP contribution in [-0.2, 0) is 9.59 Å². The van der Waals surface area contributed by atoms with Gasteiger partial charge >= 0.3 is 0 Å². The van der Waals surface area contributed by atoms with E-state index in [1.807, 2.05) is 78.9 Å². The van der Waals surface area contributed by atoms with E-state index in [0.29, 0.717) is 17.1 Å². The van der Waals surface area contributed by atoms with Crippen LogP contribution in [0.4, 0.5) is 11.4 Å². The summed E-state index contributed by atoms with van der Waals surface area (Å²) < 4.78 is 0. The van der Waals surface area contributed by atoms with E-state index in [0.717, 1.165) is 22.0 Å². The van der Waals surface area contributed by atoms with Gasteiger partial charge in [-0.05, 0) is 12.1 Å². The number of fused-ring (bicyclic) bond motifs is 2. The van der Waals surface area contributed by atoms with Crippen molar-refractivity contribution in [3.05, 3.63) is 96.2 Å². The van der Waals surface area contributed by atoms with Crippen molar-refractivity contribution in [2.24, 2.45) is 4.99 Å². The minimum Gasteiger partial charge on any atom is -0.359 e. The van der Waals surface area contributed by atoms with Crippen LogP contribution in [0.2, 0.25) is 0 Å². The van der Waals surface area contributed by atoms with Crippen molar-refractivity contribution < 1.29 is 9.59 Å². The first-order valence-corrected chi connectivity index (χ1v) is 10.0. The third kappa shape index (κ3) is 3.28. The number of anilines is 2. The number of H-pyrrole nitrogens is 1. The number of carbonyl (C=O) groups excluding carboxylic acids is 2. The van der Waals surface area contributed by atoms with E-state index in [4.69, 9.17) is 4.99 Å². The van der Waals surface area contributed by atoms with Gasteiger partial charge in [-0.15, -0.1) is 0 Å². The molecule has 2 N–H and O–H groups in total. The van der Waals surface area contributed by atoms with Gasteiger partial charge in [0.1, 0.15) is 0 Å². The molecule has 0 aliphatic carbocycles. The van der Waals surface area contributed by atoms with Gasteiger partial charge in [-0.2, -0.15) is 0 Å². The Balaban J connectivity index is 1.71. The molecule has 0 unspecified atom stereocenters. The van der Waals surface area contributed by atoms with Crippen molar-refractivity contribution in [1.29, 1.82) is 0 Å². The van der Waals surface area contributed by atoms with Gasteiger partial charge in [-0.1, -0.05) is 66.7 Å². The van der Waals surface area contributed by atoms with Gasteiger partial charge in [0.15, 0.2) is 0 Å². The molecule has 6 heteroatoms. The number of para-hydroxylation sites is 2. The summed E-state index contributed by atoms with van der Waals surface area (Å²) in [6, 6.07) is 24.9. The molecule has 0 spiro atoms. The highest BCUT2D eigenvalue weighted by molar-refractivity contribution is 6.21. The summed E-state index contributed by atoms with van der Waals surface area (Å²) in [5.74, 6) is -0.633. The Hall–Kier alpha value is -4.19. The molecule has 1 aliphatic rings. The smallest absolute Gasteiger partial charge is 0.270 e. The fraction of sp³-hybridized carbons (Fsp3) is 0.0800. The van der Waals surface area contributed by atoms with Crippen LogP contribution in [0, 0.1) is 0 Å². The van der Waals surface area contributed by atoms with Crippen LogP contribution < -0.4 is 10.2 Å². The summed E-state index contributed by atoms with van der Waals surface area (Å²) in [5.41, 5.74) is 4.51. The van der Waals surface area contributed by atoms with E-state index in [1.165, 1.54) is 11.8 Å². The molecule has 31 heavy (non-hydrogen) atoms. The molecule has 0 bridgehead atoms. The maximum Gasteiger partial charge on any atom is 0.270 e. The number of amides is 2. The Morgan fingerprint density at radius 1 is 0.935 bits per heavy atom. The highest BCUT2D eigenvalue weighted by Gasteiger charge is 2.34. The van der Waals surface area contributed by atoms with Crippen molar-refractivity contribution in [2.45, 2.75) is 13.1 Å². The summed E-state index contributed by atoms with van der Waals surface area (Å²) in [5, 5.41) is 3.81. The molecule has 5 rings (SSSR count). The zero-order chi connectivity index (χ0) is 21.4. The Morgan fingerprint density at radius 3 is 2.45 bits per heavy atom. The molecule has 0 radical (unpaired) electrons. The predicted octanol–water partition coefficient (Wildman–Crippen LogP) is 4.34. The van der Waals surface area contributed by atoms with E-state index in [1.54, 1.807) is 6.20 Å². The Kier molecular flexibility index (Phi) is 4.59. The minimum atomic E-state index is -1.06. The van der Waals surface area contributed by atoms with Crippen LogP contribution >= 0.6 is 0 Å². The lowest BCUT2D eigenvalue weighted by molar-refractivity contribution is -0.122. The van der Waals surface area contributed by atoms with Gasteiger partial charge in [0.2, 0.25) is 12.1 Å². The quantitative estimate of drug-likeness (QED) is 0.529. The molecule has 2 heterocycles. The first-order valence-electron chi connectivity index (χ1n) is 10.0. The lowest BCUT2D eigenvalue weighted by Gasteiger charge is -2.26. The minimum absolute atomic E-state index is 0.271. The van der Waals surface area contributed by atoms with Crippen LogP contribution in [0.1, 0.15) is 18.1 Å². The monoisotopic (exact) mass is 408 g/mol. The zero-order valence-electron chi connectivity index (χ0n) is 16.9. The zero-order valence-corrected chi connectivity index (χ0v) is 16.9. The van der Waals surface area contributed by atoms with Crippen LogP contribution in [0.3, 0.4) is 0 Å². The van der Waals surface area contributed by atoms with Crippen LogP contribution in [0.15, 0.2) is 90.1 Å². The molecule has 0 saturated carbocycles. The molecular weight excluding hydrogens is 388 g/mol. The molecule has 1 atom stereocenters. The summed E-state index contributed by atoms with van der Waals surface area (Å²) in [6.45, 7) is 1.45. The second kappa shape index (κ2) is 7.57. The highest BCUT2D eigenvalue weighted by atomic mass is 16.2. The van der Waals surface area contributed by atoms with Crippen LogP contribution in [0.25, 0.3) is 10.9 Å². The van der Waals surface area contributed by atoms with Crippen molar-refractivity contribution in [3.63, 3.8) is 0 Å². The fourth-order valence-corrected chi connectivity index (χ4v) is 3.98. The topological polar surface area (TPSA) is 77.6 Å². The second-order valence-corrected chi connectivity index (χ2v) is 7.36.